The molecule has 152 valence electrons. The Kier molecular flexibility index (Phi) is 7.09. The van der Waals surface area contributed by atoms with Crippen molar-refractivity contribution in [1.82, 2.24) is 10.1 Å². The molecular formula is C22H31N3O3. The second-order valence-corrected chi connectivity index (χ2v) is 7.39. The van der Waals surface area contributed by atoms with E-state index >= 15 is 0 Å². The molecular weight excluding hydrogens is 354 g/mol. The monoisotopic (exact) mass is 385 g/mol. The molecule has 1 aromatic carbocycles. The molecule has 0 N–H and O–H groups in total. The zero-order chi connectivity index (χ0) is 19.9. The molecule has 1 fully saturated rings. The fraction of sp³-hybridized carbons (Fsp3) is 0.545. The first-order valence-electron chi connectivity index (χ1n) is 10.2. The highest BCUT2D eigenvalue weighted by Crippen LogP contribution is 2.34. The summed E-state index contributed by atoms with van der Waals surface area (Å²) in [5, 5.41) is 4.43. The molecule has 1 amide bonds. The molecule has 1 aliphatic rings. The van der Waals surface area contributed by atoms with Crippen molar-refractivity contribution >= 4 is 11.8 Å². The second kappa shape index (κ2) is 9.73. The van der Waals surface area contributed by atoms with E-state index in [0.29, 0.717) is 26.1 Å². The average Bonchev–Trinajstić information content (AvgIpc) is 3.36. The molecule has 6 heteroatoms. The third kappa shape index (κ3) is 4.73. The summed E-state index contributed by atoms with van der Waals surface area (Å²) in [4.78, 5) is 16.7. The van der Waals surface area contributed by atoms with Gasteiger partial charge in [-0.2, -0.15) is 0 Å². The van der Waals surface area contributed by atoms with Crippen LogP contribution >= 0.6 is 0 Å². The largest absolute Gasteiger partial charge is 0.385 e. The molecule has 0 saturated carbocycles. The Hall–Kier alpha value is -2.34. The van der Waals surface area contributed by atoms with E-state index in [4.69, 9.17) is 9.26 Å². The number of benzene rings is 1. The first kappa shape index (κ1) is 20.4. The molecule has 0 spiro atoms. The molecule has 0 atom stereocenters. The van der Waals surface area contributed by atoms with E-state index in [2.05, 4.69) is 35.2 Å². The van der Waals surface area contributed by atoms with Gasteiger partial charge in [-0.1, -0.05) is 35.8 Å². The Labute approximate surface area is 167 Å². The third-order valence-electron chi connectivity index (χ3n) is 5.23. The molecule has 1 saturated heterocycles. The van der Waals surface area contributed by atoms with Gasteiger partial charge in [-0.05, 0) is 32.3 Å². The SMILES string of the molecule is CCC(=O)N(CCCOC)Cc1c(-c2cccc(C)c2)noc1N1CCCC1. The van der Waals surface area contributed by atoms with E-state index in [1.807, 2.05) is 17.9 Å². The molecule has 0 unspecified atom stereocenters. The summed E-state index contributed by atoms with van der Waals surface area (Å²) in [5.41, 5.74) is 4.05. The topological polar surface area (TPSA) is 58.8 Å². The maximum absolute atomic E-state index is 12.6. The molecule has 6 nitrogen and oxygen atoms in total. The van der Waals surface area contributed by atoms with Gasteiger partial charge in [-0.3, -0.25) is 4.79 Å². The van der Waals surface area contributed by atoms with Gasteiger partial charge >= 0.3 is 0 Å². The van der Waals surface area contributed by atoms with E-state index in [9.17, 15) is 4.79 Å². The van der Waals surface area contributed by atoms with Crippen LogP contribution in [0.2, 0.25) is 0 Å². The number of hydrogen-bond donors (Lipinski definition) is 0. The summed E-state index contributed by atoms with van der Waals surface area (Å²) in [6.45, 7) is 7.74. The van der Waals surface area contributed by atoms with Crippen LogP contribution in [0.15, 0.2) is 28.8 Å². The Morgan fingerprint density at radius 2 is 2.11 bits per heavy atom. The number of carbonyl (C=O) groups is 1. The van der Waals surface area contributed by atoms with Gasteiger partial charge in [-0.25, -0.2) is 0 Å². The van der Waals surface area contributed by atoms with Crippen LogP contribution in [0.5, 0.6) is 0 Å². The minimum atomic E-state index is 0.139. The van der Waals surface area contributed by atoms with Crippen molar-refractivity contribution in [3.05, 3.63) is 35.4 Å². The molecule has 2 aromatic rings. The average molecular weight is 386 g/mol. The Morgan fingerprint density at radius 3 is 2.79 bits per heavy atom. The predicted octanol–water partition coefficient (Wildman–Crippen LogP) is 4.03. The second-order valence-electron chi connectivity index (χ2n) is 7.39. The molecule has 1 aromatic heterocycles. The van der Waals surface area contributed by atoms with Gasteiger partial charge in [0.25, 0.3) is 0 Å². The molecule has 3 rings (SSSR count). The first-order chi connectivity index (χ1) is 13.6. The van der Waals surface area contributed by atoms with Crippen LogP contribution in [0.3, 0.4) is 0 Å². The van der Waals surface area contributed by atoms with Crippen molar-refractivity contribution in [2.24, 2.45) is 0 Å². The van der Waals surface area contributed by atoms with Crippen LogP contribution in [0.25, 0.3) is 11.3 Å². The zero-order valence-electron chi connectivity index (χ0n) is 17.2. The number of amides is 1. The van der Waals surface area contributed by atoms with Gasteiger partial charge < -0.3 is 19.1 Å². The maximum Gasteiger partial charge on any atom is 0.232 e. The van der Waals surface area contributed by atoms with E-state index in [1.165, 1.54) is 5.56 Å². The highest BCUT2D eigenvalue weighted by Gasteiger charge is 2.27. The lowest BCUT2D eigenvalue weighted by molar-refractivity contribution is -0.131. The number of ether oxygens (including phenoxy) is 1. The summed E-state index contributed by atoms with van der Waals surface area (Å²) in [5.74, 6) is 0.953. The van der Waals surface area contributed by atoms with Gasteiger partial charge in [-0.15, -0.1) is 0 Å². The van der Waals surface area contributed by atoms with Crippen molar-refractivity contribution in [2.75, 3.05) is 38.3 Å². The molecule has 1 aliphatic heterocycles. The summed E-state index contributed by atoms with van der Waals surface area (Å²) in [7, 11) is 1.69. The van der Waals surface area contributed by atoms with Crippen LogP contribution in [-0.2, 0) is 16.1 Å². The standard InChI is InChI=1S/C22H31N3O3/c1-4-20(26)25(13-8-14-27-3)16-19-21(18-10-7-9-17(2)15-18)23-28-22(19)24-11-5-6-12-24/h7,9-10,15H,4-6,8,11-14,16H2,1-3H3. The van der Waals surface area contributed by atoms with Crippen LogP contribution < -0.4 is 4.90 Å². The van der Waals surface area contributed by atoms with Gasteiger partial charge in [0.2, 0.25) is 11.8 Å². The number of rotatable bonds is 9. The van der Waals surface area contributed by atoms with Gasteiger partial charge in [0.15, 0.2) is 0 Å². The number of carbonyl (C=O) groups excluding carboxylic acids is 1. The highest BCUT2D eigenvalue weighted by molar-refractivity contribution is 5.77. The van der Waals surface area contributed by atoms with Crippen molar-refractivity contribution < 1.29 is 14.1 Å². The van der Waals surface area contributed by atoms with E-state index in [0.717, 1.165) is 55.1 Å². The van der Waals surface area contributed by atoms with Gasteiger partial charge in [0.05, 0.1) is 12.1 Å². The zero-order valence-corrected chi connectivity index (χ0v) is 17.2. The number of aryl methyl sites for hydroxylation is 1. The molecule has 2 heterocycles. The fourth-order valence-electron chi connectivity index (χ4n) is 3.74. The van der Waals surface area contributed by atoms with Crippen LogP contribution in [0, 0.1) is 6.92 Å². The van der Waals surface area contributed by atoms with Crippen LogP contribution in [0.1, 0.15) is 43.7 Å². The highest BCUT2D eigenvalue weighted by atomic mass is 16.5. The lowest BCUT2D eigenvalue weighted by Gasteiger charge is -2.24. The normalized spacial score (nSPS) is 13.9. The predicted molar refractivity (Wildman–Crippen MR) is 110 cm³/mol. The maximum atomic E-state index is 12.6. The fourth-order valence-corrected chi connectivity index (χ4v) is 3.74. The van der Waals surface area contributed by atoms with Crippen molar-refractivity contribution in [2.45, 2.75) is 46.1 Å². The molecule has 0 radical (unpaired) electrons. The van der Waals surface area contributed by atoms with Gasteiger partial charge in [0, 0.05) is 45.3 Å². The number of nitrogens with zero attached hydrogens (tertiary/aromatic N) is 3. The summed E-state index contributed by atoms with van der Waals surface area (Å²) < 4.78 is 11.0. The number of hydrogen-bond acceptors (Lipinski definition) is 5. The van der Waals surface area contributed by atoms with Crippen molar-refractivity contribution in [3.8, 4) is 11.3 Å². The Bertz CT molecular complexity index is 781. The summed E-state index contributed by atoms with van der Waals surface area (Å²) in [6.07, 6.45) is 3.61. The first-order valence-corrected chi connectivity index (χ1v) is 10.2. The number of anilines is 1. The molecule has 0 aliphatic carbocycles. The van der Waals surface area contributed by atoms with E-state index in [-0.39, 0.29) is 5.91 Å². The third-order valence-corrected chi connectivity index (χ3v) is 5.23. The molecule has 28 heavy (non-hydrogen) atoms. The quantitative estimate of drug-likeness (QED) is 0.610. The van der Waals surface area contributed by atoms with Crippen LogP contribution in [0.4, 0.5) is 5.88 Å². The minimum Gasteiger partial charge on any atom is -0.385 e. The smallest absolute Gasteiger partial charge is 0.232 e. The van der Waals surface area contributed by atoms with E-state index in [1.54, 1.807) is 7.11 Å². The Morgan fingerprint density at radius 1 is 1.32 bits per heavy atom. The Balaban J connectivity index is 1.95. The van der Waals surface area contributed by atoms with E-state index < -0.39 is 0 Å². The van der Waals surface area contributed by atoms with Crippen molar-refractivity contribution in [1.29, 1.82) is 0 Å². The van der Waals surface area contributed by atoms with Crippen molar-refractivity contribution in [3.63, 3.8) is 0 Å². The summed E-state index contributed by atoms with van der Waals surface area (Å²) in [6, 6.07) is 8.28. The molecule has 0 bridgehead atoms. The summed E-state index contributed by atoms with van der Waals surface area (Å²) >= 11 is 0. The van der Waals surface area contributed by atoms with Crippen LogP contribution in [-0.4, -0.2) is 49.3 Å². The number of aromatic nitrogens is 1. The van der Waals surface area contributed by atoms with Gasteiger partial charge in [0.1, 0.15) is 5.69 Å². The lowest BCUT2D eigenvalue weighted by Crippen LogP contribution is -2.32. The lowest BCUT2D eigenvalue weighted by atomic mass is 10.0. The number of methoxy groups -OCH3 is 1. The minimum absolute atomic E-state index is 0.139.